The van der Waals surface area contributed by atoms with Crippen molar-refractivity contribution in [1.82, 2.24) is 0 Å². The summed E-state index contributed by atoms with van der Waals surface area (Å²) in [5.41, 5.74) is 0. The van der Waals surface area contributed by atoms with Gasteiger partial charge in [0.15, 0.2) is 0 Å². The van der Waals surface area contributed by atoms with E-state index in [4.69, 9.17) is 0 Å². The number of benzene rings is 2. The van der Waals surface area contributed by atoms with Gasteiger partial charge >= 0.3 is 42.6 Å². The molecule has 0 atom stereocenters. The van der Waals surface area contributed by atoms with Crippen LogP contribution in [0.3, 0.4) is 0 Å². The molecule has 0 radical (unpaired) electrons. The summed E-state index contributed by atoms with van der Waals surface area (Å²) in [5, 5.41) is 13.4. The molecule has 1 aromatic heterocycles. The maximum absolute atomic E-state index is 9.68. The van der Waals surface area contributed by atoms with Crippen molar-refractivity contribution < 1.29 is 5.11 Å². The Morgan fingerprint density at radius 3 is 2.47 bits per heavy atom. The predicted octanol–water partition coefficient (Wildman–Crippen LogP) is 5.13. The Bertz CT molecular complexity index is 658. The van der Waals surface area contributed by atoms with Gasteiger partial charge in [-0.05, 0) is 12.1 Å². The van der Waals surface area contributed by atoms with Crippen molar-refractivity contribution in [3.8, 4) is 5.75 Å². The van der Waals surface area contributed by atoms with Crippen molar-refractivity contribution in [2.24, 2.45) is 0 Å². The Kier molecular flexibility index (Phi) is 5.33. The third kappa shape index (κ3) is 3.33. The zero-order chi connectivity index (χ0) is 13.7. The van der Waals surface area contributed by atoms with Crippen LogP contribution >= 0.6 is 11.3 Å². The van der Waals surface area contributed by atoms with Crippen LogP contribution < -0.4 is 0 Å². The summed E-state index contributed by atoms with van der Waals surface area (Å²) in [4.78, 5) is 0. The van der Waals surface area contributed by atoms with E-state index in [2.05, 4.69) is 36.8 Å². The van der Waals surface area contributed by atoms with E-state index in [1.807, 2.05) is 24.3 Å². The number of phenolic OH excluding ortho intramolecular Hbond substituents is 1. The van der Waals surface area contributed by atoms with E-state index in [0.717, 1.165) is 10.1 Å². The van der Waals surface area contributed by atoms with Crippen LogP contribution in [0.15, 0.2) is 42.5 Å². The molecule has 0 aliphatic carbocycles. The number of thiophene rings is 1. The number of hydrogen-bond acceptors (Lipinski definition) is 2. The average Bonchev–Trinajstić information content (AvgIpc) is 2.81. The Morgan fingerprint density at radius 1 is 1.05 bits per heavy atom. The van der Waals surface area contributed by atoms with Gasteiger partial charge in [-0.2, -0.15) is 0 Å². The van der Waals surface area contributed by atoms with Gasteiger partial charge in [0.2, 0.25) is 0 Å². The van der Waals surface area contributed by atoms with Gasteiger partial charge in [0.25, 0.3) is 0 Å². The van der Waals surface area contributed by atoms with Gasteiger partial charge in [0.05, 0.1) is 4.70 Å². The van der Waals surface area contributed by atoms with E-state index in [-0.39, 0.29) is 0 Å². The van der Waals surface area contributed by atoms with Crippen molar-refractivity contribution in [2.75, 3.05) is 0 Å². The third-order valence-corrected chi connectivity index (χ3v) is 4.30. The van der Waals surface area contributed by atoms with Crippen LogP contribution in [0.5, 0.6) is 5.75 Å². The van der Waals surface area contributed by atoms with Crippen LogP contribution in [0.2, 0.25) is 5.09 Å². The number of hydrogen-bond donors (Lipinski definition) is 1. The monoisotopic (exact) mass is 264 g/mol. The van der Waals surface area contributed by atoms with Crippen molar-refractivity contribution in [3.05, 3.63) is 42.5 Å². The van der Waals surface area contributed by atoms with E-state index >= 15 is 0 Å². The van der Waals surface area contributed by atoms with Crippen LogP contribution in [-0.2, 0) is 0 Å². The molecule has 1 heterocycles. The van der Waals surface area contributed by atoms with E-state index in [1.54, 1.807) is 17.4 Å². The first-order valence-electron chi connectivity index (χ1n) is 6.87. The topological polar surface area (TPSA) is 20.2 Å². The normalized spacial score (nSPS) is 10.5. The molecule has 0 aliphatic rings. The quantitative estimate of drug-likeness (QED) is 0.636. The molecule has 94 valence electrons. The summed E-state index contributed by atoms with van der Waals surface area (Å²) < 4.78 is 2.21. The van der Waals surface area contributed by atoms with Crippen LogP contribution in [0, 0.1) is 0 Å². The van der Waals surface area contributed by atoms with Gasteiger partial charge in [0.1, 0.15) is 5.75 Å². The fourth-order valence-corrected chi connectivity index (χ4v) is 3.20. The molecule has 19 heavy (non-hydrogen) atoms. The van der Waals surface area contributed by atoms with Gasteiger partial charge < -0.3 is 5.11 Å². The first kappa shape index (κ1) is 14.5. The van der Waals surface area contributed by atoms with Crippen LogP contribution in [0.25, 0.3) is 20.2 Å². The van der Waals surface area contributed by atoms with Crippen LogP contribution in [0.1, 0.15) is 19.8 Å². The van der Waals surface area contributed by atoms with Crippen LogP contribution in [-0.4, -0.2) is 22.8 Å². The molecule has 0 unspecified atom stereocenters. The molecule has 3 rings (SSSR count). The van der Waals surface area contributed by atoms with Crippen molar-refractivity contribution >= 4 is 49.2 Å². The SMILES string of the molecule is Oc1cccc2c1sc1ccccc12.[Li][CH2]CCC. The second kappa shape index (κ2) is 7.00. The molecule has 0 bridgehead atoms. The second-order valence-corrected chi connectivity index (χ2v) is 5.66. The number of phenols is 1. The summed E-state index contributed by atoms with van der Waals surface area (Å²) in [6.45, 7) is 2.21. The molecule has 1 nitrogen and oxygen atoms in total. The summed E-state index contributed by atoms with van der Waals surface area (Å²) >= 11 is 3.85. The minimum atomic E-state index is 0.378. The van der Waals surface area contributed by atoms with Crippen molar-refractivity contribution in [1.29, 1.82) is 0 Å². The fourth-order valence-electron chi connectivity index (χ4n) is 2.09. The zero-order valence-corrected chi connectivity index (χ0v) is 12.3. The summed E-state index contributed by atoms with van der Waals surface area (Å²) in [6.07, 6.45) is 2.73. The number of aromatic hydroxyl groups is 1. The molecule has 3 aromatic rings. The first-order valence-corrected chi connectivity index (χ1v) is 7.68. The van der Waals surface area contributed by atoms with Crippen molar-refractivity contribution in [3.63, 3.8) is 0 Å². The Morgan fingerprint density at radius 2 is 1.79 bits per heavy atom. The van der Waals surface area contributed by atoms with Gasteiger partial charge in [-0.15, -0.1) is 11.3 Å². The molecular weight excluding hydrogens is 247 g/mol. The second-order valence-electron chi connectivity index (χ2n) is 4.61. The third-order valence-electron chi connectivity index (χ3n) is 3.09. The molecule has 3 heteroatoms. The Labute approximate surface area is 127 Å². The summed E-state index contributed by atoms with van der Waals surface area (Å²) in [6, 6.07) is 13.9. The molecule has 2 aromatic carbocycles. The molecule has 0 saturated carbocycles. The van der Waals surface area contributed by atoms with E-state index < -0.39 is 0 Å². The van der Waals surface area contributed by atoms with E-state index in [1.165, 1.54) is 28.0 Å². The van der Waals surface area contributed by atoms with Gasteiger partial charge in [0, 0.05) is 15.5 Å². The zero-order valence-electron chi connectivity index (χ0n) is 11.5. The number of rotatable bonds is 2. The average molecular weight is 264 g/mol. The van der Waals surface area contributed by atoms with Crippen molar-refractivity contribution in [2.45, 2.75) is 24.9 Å². The molecule has 0 saturated heterocycles. The first-order chi connectivity index (χ1) is 9.27. The number of unbranched alkanes of at least 4 members (excludes halogenated alkanes) is 1. The van der Waals surface area contributed by atoms with Gasteiger partial charge in [-0.3, -0.25) is 0 Å². The molecule has 0 amide bonds. The predicted molar refractivity (Wildman–Crippen MR) is 86.5 cm³/mol. The molecule has 1 N–H and O–H groups in total. The molecule has 0 fully saturated rings. The Hall–Kier alpha value is -0.943. The van der Waals surface area contributed by atoms with E-state index in [0.29, 0.717) is 5.75 Å². The molecule has 0 spiro atoms. The van der Waals surface area contributed by atoms with E-state index in [9.17, 15) is 5.11 Å². The Balaban J connectivity index is 0.000000232. The fraction of sp³-hybridized carbons (Fsp3) is 0.250. The van der Waals surface area contributed by atoms with Crippen LogP contribution in [0.4, 0.5) is 0 Å². The summed E-state index contributed by atoms with van der Waals surface area (Å²) in [5.74, 6) is 0.378. The minimum absolute atomic E-state index is 0.378. The molecular formula is C16H17LiOS. The summed E-state index contributed by atoms with van der Waals surface area (Å²) in [7, 11) is 0. The van der Waals surface area contributed by atoms with Gasteiger partial charge in [-0.1, -0.05) is 30.3 Å². The molecule has 0 aliphatic heterocycles. The maximum atomic E-state index is 9.68. The number of fused-ring (bicyclic) bond motifs is 3. The standard InChI is InChI=1S/C12H8OS.C4H9.Li/c13-10-6-3-5-9-8-4-1-2-7-11(8)14-12(9)10;1-3-4-2;/h1-7,13H;1,3-4H2,2H3;. The van der Waals surface area contributed by atoms with Gasteiger partial charge in [-0.25, -0.2) is 0 Å².